The van der Waals surface area contributed by atoms with Gasteiger partial charge in [0.1, 0.15) is 17.6 Å². The molecule has 0 N–H and O–H groups in total. The first-order valence-corrected chi connectivity index (χ1v) is 9.72. The molecule has 3 aromatic rings. The minimum Gasteiger partial charge on any atom is -0.484 e. The van der Waals surface area contributed by atoms with Crippen molar-refractivity contribution in [1.82, 2.24) is 4.90 Å². The predicted molar refractivity (Wildman–Crippen MR) is 109 cm³/mol. The minimum atomic E-state index is -0.125. The molecular formula is C22H20ClNO4. The van der Waals surface area contributed by atoms with Gasteiger partial charge in [0, 0.05) is 24.2 Å². The average molecular weight is 398 g/mol. The third-order valence-electron chi connectivity index (χ3n) is 4.97. The summed E-state index contributed by atoms with van der Waals surface area (Å²) in [5.41, 5.74) is 1.51. The van der Waals surface area contributed by atoms with Crippen LogP contribution in [0.25, 0.3) is 22.1 Å². The Bertz CT molecular complexity index is 1050. The third-order valence-corrected chi connectivity index (χ3v) is 5.22. The molecule has 144 valence electrons. The summed E-state index contributed by atoms with van der Waals surface area (Å²) in [5, 5.41) is 1.07. The van der Waals surface area contributed by atoms with E-state index in [0.29, 0.717) is 27.3 Å². The Morgan fingerprint density at radius 1 is 1.07 bits per heavy atom. The van der Waals surface area contributed by atoms with E-state index in [2.05, 4.69) is 0 Å². The zero-order valence-electron chi connectivity index (χ0n) is 15.3. The third kappa shape index (κ3) is 3.90. The van der Waals surface area contributed by atoms with Crippen LogP contribution in [-0.4, -0.2) is 30.5 Å². The summed E-state index contributed by atoms with van der Waals surface area (Å²) < 4.78 is 11.3. The number of piperidine rings is 1. The first-order chi connectivity index (χ1) is 13.6. The Balaban J connectivity index is 1.53. The highest BCUT2D eigenvalue weighted by Crippen LogP contribution is 2.24. The molecule has 6 heteroatoms. The molecule has 2 heterocycles. The molecule has 0 aliphatic carbocycles. The van der Waals surface area contributed by atoms with Crippen LogP contribution in [-0.2, 0) is 4.79 Å². The van der Waals surface area contributed by atoms with Crippen LogP contribution in [0, 0.1) is 0 Å². The van der Waals surface area contributed by atoms with Crippen LogP contribution in [0.5, 0.6) is 5.75 Å². The minimum absolute atomic E-state index is 0.0145. The number of rotatable bonds is 4. The van der Waals surface area contributed by atoms with Crippen LogP contribution < -0.4 is 10.2 Å². The highest BCUT2D eigenvalue weighted by Gasteiger charge is 2.17. The van der Waals surface area contributed by atoms with Gasteiger partial charge in [-0.2, -0.15) is 0 Å². The van der Waals surface area contributed by atoms with Crippen molar-refractivity contribution < 1.29 is 13.9 Å². The van der Waals surface area contributed by atoms with Crippen LogP contribution in [0.1, 0.15) is 19.3 Å². The van der Waals surface area contributed by atoms with E-state index >= 15 is 0 Å². The first-order valence-electron chi connectivity index (χ1n) is 9.34. The molecular weight excluding hydrogens is 378 g/mol. The number of carbonyl (C=O) groups excluding carboxylic acids is 1. The largest absolute Gasteiger partial charge is 0.484 e. The maximum atomic E-state index is 12.8. The van der Waals surface area contributed by atoms with Crippen LogP contribution in [0.4, 0.5) is 0 Å². The van der Waals surface area contributed by atoms with E-state index in [9.17, 15) is 9.59 Å². The van der Waals surface area contributed by atoms with Gasteiger partial charge in [0.2, 0.25) is 0 Å². The molecule has 1 saturated heterocycles. The quantitative estimate of drug-likeness (QED) is 0.650. The summed E-state index contributed by atoms with van der Waals surface area (Å²) in [6.45, 7) is 1.57. The van der Waals surface area contributed by atoms with Gasteiger partial charge in [0.15, 0.2) is 12.0 Å². The van der Waals surface area contributed by atoms with E-state index in [1.54, 1.807) is 42.5 Å². The molecule has 1 aliphatic heterocycles. The van der Waals surface area contributed by atoms with E-state index in [0.717, 1.165) is 31.5 Å². The number of ether oxygens (including phenoxy) is 1. The van der Waals surface area contributed by atoms with E-state index in [1.807, 2.05) is 4.90 Å². The molecule has 1 aromatic heterocycles. The summed E-state index contributed by atoms with van der Waals surface area (Å²) in [5.74, 6) is 0.486. The Morgan fingerprint density at radius 3 is 2.57 bits per heavy atom. The fourth-order valence-electron chi connectivity index (χ4n) is 3.41. The lowest BCUT2D eigenvalue weighted by atomic mass is 10.1. The second kappa shape index (κ2) is 8.07. The van der Waals surface area contributed by atoms with E-state index in [-0.39, 0.29) is 17.9 Å². The van der Waals surface area contributed by atoms with Crippen molar-refractivity contribution >= 4 is 28.5 Å². The second-order valence-corrected chi connectivity index (χ2v) is 7.31. The Labute approximate surface area is 167 Å². The maximum absolute atomic E-state index is 12.8. The molecule has 0 unspecified atom stereocenters. The monoisotopic (exact) mass is 397 g/mol. The zero-order valence-corrected chi connectivity index (χ0v) is 16.1. The molecule has 2 aromatic carbocycles. The van der Waals surface area contributed by atoms with Gasteiger partial charge in [-0.3, -0.25) is 9.59 Å². The van der Waals surface area contributed by atoms with Crippen molar-refractivity contribution in [2.45, 2.75) is 19.3 Å². The van der Waals surface area contributed by atoms with Gasteiger partial charge in [-0.25, -0.2) is 0 Å². The Kier molecular flexibility index (Phi) is 5.35. The van der Waals surface area contributed by atoms with Gasteiger partial charge in [-0.05, 0) is 49.1 Å². The van der Waals surface area contributed by atoms with Crippen molar-refractivity contribution in [2.75, 3.05) is 19.7 Å². The fourth-order valence-corrected chi connectivity index (χ4v) is 3.53. The average Bonchev–Trinajstić information content (AvgIpc) is 2.74. The van der Waals surface area contributed by atoms with Crippen molar-refractivity contribution in [3.8, 4) is 16.9 Å². The number of fused-ring (bicyclic) bond motifs is 1. The highest BCUT2D eigenvalue weighted by molar-refractivity contribution is 6.30. The van der Waals surface area contributed by atoms with Crippen LogP contribution in [0.3, 0.4) is 0 Å². The lowest BCUT2D eigenvalue weighted by Gasteiger charge is -2.26. The van der Waals surface area contributed by atoms with E-state index in [4.69, 9.17) is 20.8 Å². The van der Waals surface area contributed by atoms with Crippen LogP contribution in [0.2, 0.25) is 5.02 Å². The number of benzene rings is 2. The Morgan fingerprint density at radius 2 is 1.82 bits per heavy atom. The van der Waals surface area contributed by atoms with Crippen molar-refractivity contribution in [2.24, 2.45) is 0 Å². The van der Waals surface area contributed by atoms with Crippen molar-refractivity contribution in [3.63, 3.8) is 0 Å². The fraction of sp³-hybridized carbons (Fsp3) is 0.273. The molecule has 0 spiro atoms. The SMILES string of the molecule is O=C(COc1ccc2c(=O)c(-c3ccc(Cl)cc3)coc2c1)N1CCCCC1. The Hall–Kier alpha value is -2.79. The molecule has 0 radical (unpaired) electrons. The topological polar surface area (TPSA) is 59.8 Å². The number of amides is 1. The predicted octanol–water partition coefficient (Wildman–Crippen LogP) is 4.50. The van der Waals surface area contributed by atoms with Gasteiger partial charge >= 0.3 is 0 Å². The molecule has 0 saturated carbocycles. The normalized spacial score (nSPS) is 14.2. The zero-order chi connectivity index (χ0) is 19.5. The molecule has 1 fully saturated rings. The summed E-state index contributed by atoms with van der Waals surface area (Å²) >= 11 is 5.91. The van der Waals surface area contributed by atoms with Gasteiger partial charge in [0.25, 0.3) is 5.91 Å². The lowest BCUT2D eigenvalue weighted by Crippen LogP contribution is -2.38. The number of likely N-dealkylation sites (tertiary alicyclic amines) is 1. The molecule has 5 nitrogen and oxygen atoms in total. The van der Waals surface area contributed by atoms with E-state index < -0.39 is 0 Å². The molecule has 0 atom stereocenters. The van der Waals surface area contributed by atoms with Crippen molar-refractivity contribution in [1.29, 1.82) is 0 Å². The standard InChI is InChI=1S/C22H20ClNO4/c23-16-6-4-15(5-7-16)19-13-28-20-12-17(8-9-18(20)22(19)26)27-14-21(25)24-10-2-1-3-11-24/h4-9,12-13H,1-3,10-11,14H2. The summed E-state index contributed by atoms with van der Waals surface area (Å²) in [6.07, 6.45) is 4.70. The van der Waals surface area contributed by atoms with Gasteiger partial charge in [0.05, 0.1) is 10.9 Å². The van der Waals surface area contributed by atoms with Crippen LogP contribution >= 0.6 is 11.6 Å². The summed E-state index contributed by atoms with van der Waals surface area (Å²) in [6, 6.07) is 12.0. The maximum Gasteiger partial charge on any atom is 0.260 e. The number of halogens is 1. The smallest absolute Gasteiger partial charge is 0.260 e. The number of carbonyl (C=O) groups is 1. The number of hydrogen-bond acceptors (Lipinski definition) is 4. The lowest BCUT2D eigenvalue weighted by molar-refractivity contribution is -0.134. The van der Waals surface area contributed by atoms with Crippen LogP contribution in [0.15, 0.2) is 57.9 Å². The summed E-state index contributed by atoms with van der Waals surface area (Å²) in [4.78, 5) is 26.9. The molecule has 0 bridgehead atoms. The van der Waals surface area contributed by atoms with Crippen molar-refractivity contribution in [3.05, 3.63) is 64.0 Å². The van der Waals surface area contributed by atoms with Gasteiger partial charge in [-0.1, -0.05) is 23.7 Å². The first kappa shape index (κ1) is 18.6. The molecule has 28 heavy (non-hydrogen) atoms. The van der Waals surface area contributed by atoms with Gasteiger partial charge < -0.3 is 14.1 Å². The summed E-state index contributed by atoms with van der Waals surface area (Å²) in [7, 11) is 0. The van der Waals surface area contributed by atoms with E-state index in [1.165, 1.54) is 12.7 Å². The number of nitrogens with zero attached hydrogens (tertiary/aromatic N) is 1. The van der Waals surface area contributed by atoms with Gasteiger partial charge in [-0.15, -0.1) is 0 Å². The molecule has 1 amide bonds. The molecule has 4 rings (SSSR count). The highest BCUT2D eigenvalue weighted by atomic mass is 35.5. The second-order valence-electron chi connectivity index (χ2n) is 6.87. The number of hydrogen-bond donors (Lipinski definition) is 0. The molecule has 1 aliphatic rings.